The van der Waals surface area contributed by atoms with Gasteiger partial charge in [0.1, 0.15) is 0 Å². The summed E-state index contributed by atoms with van der Waals surface area (Å²) in [6.07, 6.45) is 12.0. The van der Waals surface area contributed by atoms with Crippen LogP contribution in [0.2, 0.25) is 0 Å². The van der Waals surface area contributed by atoms with Crippen molar-refractivity contribution >= 4 is 0 Å². The summed E-state index contributed by atoms with van der Waals surface area (Å²) in [6.45, 7) is 6.63. The van der Waals surface area contributed by atoms with E-state index < -0.39 is 0 Å². The number of aliphatic hydroxyl groups excluding tert-OH is 1. The van der Waals surface area contributed by atoms with Crippen molar-refractivity contribution in [3.8, 4) is 0 Å². The maximum Gasteiger partial charge on any atom is 0.0778 e. The molecule has 1 N–H and O–H groups in total. The minimum atomic E-state index is -0.163. The summed E-state index contributed by atoms with van der Waals surface area (Å²) in [5.41, 5.74) is 1.29. The van der Waals surface area contributed by atoms with Gasteiger partial charge in [-0.25, -0.2) is 0 Å². The average Bonchev–Trinajstić information content (AvgIpc) is 2.39. The van der Waals surface area contributed by atoms with Gasteiger partial charge in [0.15, 0.2) is 0 Å². The van der Waals surface area contributed by atoms with Crippen molar-refractivity contribution < 1.29 is 5.11 Å². The van der Waals surface area contributed by atoms with Gasteiger partial charge in [-0.05, 0) is 50.0 Å². The molecule has 1 rings (SSSR count). The monoisotopic (exact) mass is 238 g/mol. The van der Waals surface area contributed by atoms with Gasteiger partial charge in [-0.15, -0.1) is 0 Å². The minimum absolute atomic E-state index is 0.163. The predicted molar refractivity (Wildman–Crippen MR) is 75.0 cm³/mol. The summed E-state index contributed by atoms with van der Waals surface area (Å²) in [5.74, 6) is 1.32. The molecule has 2 unspecified atom stereocenters. The molecule has 1 aliphatic rings. The molecule has 0 aliphatic heterocycles. The minimum Gasteiger partial charge on any atom is -0.388 e. The Kier molecular flexibility index (Phi) is 6.87. The number of allylic oxidation sites excluding steroid dienone is 1. The first-order valence-corrected chi connectivity index (χ1v) is 7.52. The van der Waals surface area contributed by atoms with Gasteiger partial charge in [-0.3, -0.25) is 0 Å². The topological polar surface area (TPSA) is 20.2 Å². The Labute approximate surface area is 107 Å². The number of rotatable bonds is 6. The van der Waals surface area contributed by atoms with Crippen molar-refractivity contribution in [3.05, 3.63) is 11.6 Å². The first kappa shape index (κ1) is 14.8. The smallest absolute Gasteiger partial charge is 0.0778 e. The van der Waals surface area contributed by atoms with E-state index in [9.17, 15) is 5.11 Å². The molecule has 0 radical (unpaired) electrons. The second kappa shape index (κ2) is 7.92. The van der Waals surface area contributed by atoms with Crippen LogP contribution in [0.3, 0.4) is 0 Å². The summed E-state index contributed by atoms with van der Waals surface area (Å²) in [4.78, 5) is 0. The van der Waals surface area contributed by atoms with E-state index in [1.54, 1.807) is 0 Å². The highest BCUT2D eigenvalue weighted by molar-refractivity contribution is 5.09. The molecule has 1 heteroatoms. The lowest BCUT2D eigenvalue weighted by atomic mass is 9.81. The van der Waals surface area contributed by atoms with Gasteiger partial charge in [0.25, 0.3) is 0 Å². The van der Waals surface area contributed by atoms with Crippen molar-refractivity contribution in [1.82, 2.24) is 0 Å². The summed E-state index contributed by atoms with van der Waals surface area (Å²) in [5, 5.41) is 10.5. The Morgan fingerprint density at radius 1 is 1.29 bits per heavy atom. The molecule has 1 fully saturated rings. The second-order valence-electron chi connectivity index (χ2n) is 5.76. The standard InChI is InChI=1S/C16H30O/c1-4-13(3)11-12-14(5-2)16(17)15-9-7-6-8-10-15/h5,13,15-17H,4,6-12H2,1-3H3/b14-5+. The third kappa shape index (κ3) is 4.83. The third-order valence-corrected chi connectivity index (χ3v) is 4.47. The van der Waals surface area contributed by atoms with Crippen LogP contribution in [0.25, 0.3) is 0 Å². The third-order valence-electron chi connectivity index (χ3n) is 4.47. The molecule has 0 aromatic heterocycles. The van der Waals surface area contributed by atoms with E-state index >= 15 is 0 Å². The van der Waals surface area contributed by atoms with Crippen LogP contribution >= 0.6 is 0 Å². The van der Waals surface area contributed by atoms with Crippen molar-refractivity contribution in [2.45, 2.75) is 78.2 Å². The Morgan fingerprint density at radius 3 is 2.47 bits per heavy atom. The molecular formula is C16H30O. The Morgan fingerprint density at radius 2 is 1.94 bits per heavy atom. The fourth-order valence-corrected chi connectivity index (χ4v) is 2.83. The van der Waals surface area contributed by atoms with Crippen molar-refractivity contribution in [2.75, 3.05) is 0 Å². The van der Waals surface area contributed by atoms with E-state index in [2.05, 4.69) is 26.8 Å². The number of aliphatic hydroxyl groups is 1. The normalized spacial score (nSPS) is 22.5. The van der Waals surface area contributed by atoms with E-state index in [0.29, 0.717) is 5.92 Å². The van der Waals surface area contributed by atoms with E-state index in [0.717, 1.165) is 12.3 Å². The van der Waals surface area contributed by atoms with Gasteiger partial charge in [0.2, 0.25) is 0 Å². The van der Waals surface area contributed by atoms with Gasteiger partial charge >= 0.3 is 0 Å². The molecule has 1 saturated carbocycles. The van der Waals surface area contributed by atoms with E-state index in [4.69, 9.17) is 0 Å². The molecule has 2 atom stereocenters. The Hall–Kier alpha value is -0.300. The fraction of sp³-hybridized carbons (Fsp3) is 0.875. The zero-order chi connectivity index (χ0) is 12.7. The largest absolute Gasteiger partial charge is 0.388 e. The lowest BCUT2D eigenvalue weighted by Crippen LogP contribution is -2.25. The van der Waals surface area contributed by atoms with Crippen LogP contribution < -0.4 is 0 Å². The first-order chi connectivity index (χ1) is 8.19. The van der Waals surface area contributed by atoms with Crippen LogP contribution in [-0.4, -0.2) is 11.2 Å². The van der Waals surface area contributed by atoms with Crippen LogP contribution in [0, 0.1) is 11.8 Å². The maximum atomic E-state index is 10.5. The predicted octanol–water partition coefficient (Wildman–Crippen LogP) is 4.70. The summed E-state index contributed by atoms with van der Waals surface area (Å²) in [6, 6.07) is 0. The summed E-state index contributed by atoms with van der Waals surface area (Å²) >= 11 is 0. The molecule has 17 heavy (non-hydrogen) atoms. The lowest BCUT2D eigenvalue weighted by Gasteiger charge is -2.28. The average molecular weight is 238 g/mol. The Bertz CT molecular complexity index is 226. The number of hydrogen-bond acceptors (Lipinski definition) is 1. The molecule has 0 aromatic carbocycles. The molecule has 1 nitrogen and oxygen atoms in total. The van der Waals surface area contributed by atoms with Crippen LogP contribution in [0.4, 0.5) is 0 Å². The second-order valence-corrected chi connectivity index (χ2v) is 5.76. The van der Waals surface area contributed by atoms with Gasteiger partial charge < -0.3 is 5.11 Å². The first-order valence-electron chi connectivity index (χ1n) is 7.52. The summed E-state index contributed by atoms with van der Waals surface area (Å²) < 4.78 is 0. The highest BCUT2D eigenvalue weighted by atomic mass is 16.3. The fourth-order valence-electron chi connectivity index (χ4n) is 2.83. The summed E-state index contributed by atoms with van der Waals surface area (Å²) in [7, 11) is 0. The highest BCUT2D eigenvalue weighted by Gasteiger charge is 2.24. The van der Waals surface area contributed by atoms with Gasteiger partial charge in [-0.1, -0.05) is 45.6 Å². The van der Waals surface area contributed by atoms with Crippen molar-refractivity contribution in [3.63, 3.8) is 0 Å². The highest BCUT2D eigenvalue weighted by Crippen LogP contribution is 2.31. The maximum absolute atomic E-state index is 10.5. The van der Waals surface area contributed by atoms with E-state index in [-0.39, 0.29) is 6.10 Å². The van der Waals surface area contributed by atoms with Crippen molar-refractivity contribution in [2.24, 2.45) is 11.8 Å². The van der Waals surface area contributed by atoms with Gasteiger partial charge in [-0.2, -0.15) is 0 Å². The Balaban J connectivity index is 2.43. The van der Waals surface area contributed by atoms with Gasteiger partial charge in [0, 0.05) is 0 Å². The molecule has 0 saturated heterocycles. The van der Waals surface area contributed by atoms with Crippen LogP contribution in [0.1, 0.15) is 72.1 Å². The van der Waals surface area contributed by atoms with Crippen molar-refractivity contribution in [1.29, 1.82) is 0 Å². The van der Waals surface area contributed by atoms with Crippen LogP contribution in [0.15, 0.2) is 11.6 Å². The molecule has 0 amide bonds. The molecule has 0 aromatic rings. The zero-order valence-electron chi connectivity index (χ0n) is 11.9. The molecule has 100 valence electrons. The SMILES string of the molecule is C/C=C(\CCC(C)CC)C(O)C1CCCCC1. The molecule has 0 heterocycles. The van der Waals surface area contributed by atoms with E-state index in [1.807, 2.05) is 0 Å². The molecule has 0 spiro atoms. The van der Waals surface area contributed by atoms with Gasteiger partial charge in [0.05, 0.1) is 6.10 Å². The van der Waals surface area contributed by atoms with E-state index in [1.165, 1.54) is 50.5 Å². The molecular weight excluding hydrogens is 208 g/mol. The quantitative estimate of drug-likeness (QED) is 0.665. The lowest BCUT2D eigenvalue weighted by molar-refractivity contribution is 0.111. The number of hydrogen-bond donors (Lipinski definition) is 1. The van der Waals surface area contributed by atoms with Crippen LogP contribution in [-0.2, 0) is 0 Å². The van der Waals surface area contributed by atoms with Crippen LogP contribution in [0.5, 0.6) is 0 Å². The molecule has 0 bridgehead atoms. The molecule has 1 aliphatic carbocycles. The zero-order valence-corrected chi connectivity index (χ0v) is 11.9.